The first-order chi connectivity index (χ1) is 9.95. The third-order valence-electron chi connectivity index (χ3n) is 3.22. The Hall–Kier alpha value is -1.81. The number of hydrogen-bond acceptors (Lipinski definition) is 3. The summed E-state index contributed by atoms with van der Waals surface area (Å²) >= 11 is 0. The molecule has 0 aliphatic rings. The van der Waals surface area contributed by atoms with Crippen LogP contribution in [-0.4, -0.2) is 22.7 Å². The van der Waals surface area contributed by atoms with Gasteiger partial charge in [0.25, 0.3) is 0 Å². The summed E-state index contributed by atoms with van der Waals surface area (Å²) in [5.41, 5.74) is 2.28. The first kappa shape index (κ1) is 15.6. The molecule has 0 spiro atoms. The van der Waals surface area contributed by atoms with Gasteiger partial charge in [0.05, 0.1) is 6.10 Å². The predicted molar refractivity (Wildman–Crippen MR) is 85.1 cm³/mol. The summed E-state index contributed by atoms with van der Waals surface area (Å²) < 4.78 is 7.15. The number of aromatic nitrogens is 1. The molecule has 114 valence electrons. The summed E-state index contributed by atoms with van der Waals surface area (Å²) in [6.45, 7) is 9.06. The zero-order valence-corrected chi connectivity index (χ0v) is 13.2. The Balaban J connectivity index is 2.16. The lowest BCUT2D eigenvalue weighted by Gasteiger charge is -2.11. The van der Waals surface area contributed by atoms with E-state index >= 15 is 0 Å². The SMILES string of the molecule is CC(C)NCc1ccc2ccn(CC(=O)OC(C)C)c2c1. The molecule has 0 aliphatic carbocycles. The fourth-order valence-corrected chi connectivity index (χ4v) is 2.24. The Kier molecular flexibility index (Phi) is 5.02. The molecule has 2 aromatic rings. The molecule has 1 heterocycles. The third kappa shape index (κ3) is 4.33. The number of hydrogen-bond donors (Lipinski definition) is 1. The molecule has 0 saturated carbocycles. The maximum Gasteiger partial charge on any atom is 0.326 e. The van der Waals surface area contributed by atoms with Crippen LogP contribution in [0.5, 0.6) is 0 Å². The maximum absolute atomic E-state index is 11.8. The summed E-state index contributed by atoms with van der Waals surface area (Å²) in [6, 6.07) is 8.82. The Morgan fingerprint density at radius 2 is 2.00 bits per heavy atom. The Morgan fingerprint density at radius 1 is 1.24 bits per heavy atom. The molecule has 0 radical (unpaired) electrons. The van der Waals surface area contributed by atoms with E-state index in [1.807, 2.05) is 30.7 Å². The molecule has 1 aromatic heterocycles. The molecule has 0 fully saturated rings. The molecule has 1 N–H and O–H groups in total. The van der Waals surface area contributed by atoms with Gasteiger partial charge in [-0.05, 0) is 36.9 Å². The van der Waals surface area contributed by atoms with E-state index in [0.29, 0.717) is 6.04 Å². The zero-order valence-electron chi connectivity index (χ0n) is 13.2. The lowest BCUT2D eigenvalue weighted by Crippen LogP contribution is -2.21. The van der Waals surface area contributed by atoms with Crippen molar-refractivity contribution in [2.24, 2.45) is 0 Å². The normalized spacial score (nSPS) is 11.5. The van der Waals surface area contributed by atoms with Gasteiger partial charge in [0.2, 0.25) is 0 Å². The van der Waals surface area contributed by atoms with Crippen LogP contribution in [0.2, 0.25) is 0 Å². The van der Waals surface area contributed by atoms with E-state index in [4.69, 9.17) is 4.74 Å². The number of esters is 1. The minimum atomic E-state index is -0.201. The second kappa shape index (κ2) is 6.76. The van der Waals surface area contributed by atoms with E-state index in [-0.39, 0.29) is 18.6 Å². The first-order valence-corrected chi connectivity index (χ1v) is 7.46. The van der Waals surface area contributed by atoms with Crippen molar-refractivity contribution in [1.82, 2.24) is 9.88 Å². The number of nitrogens with zero attached hydrogens (tertiary/aromatic N) is 1. The largest absolute Gasteiger partial charge is 0.462 e. The topological polar surface area (TPSA) is 43.3 Å². The van der Waals surface area contributed by atoms with Gasteiger partial charge in [0, 0.05) is 24.3 Å². The van der Waals surface area contributed by atoms with Gasteiger partial charge in [-0.3, -0.25) is 4.79 Å². The molecule has 0 atom stereocenters. The van der Waals surface area contributed by atoms with E-state index in [1.165, 1.54) is 5.56 Å². The summed E-state index contributed by atoms with van der Waals surface area (Å²) in [4.78, 5) is 11.8. The van der Waals surface area contributed by atoms with E-state index < -0.39 is 0 Å². The van der Waals surface area contributed by atoms with Crippen molar-refractivity contribution < 1.29 is 9.53 Å². The standard InChI is InChI=1S/C17H24N2O2/c1-12(2)18-10-14-5-6-15-7-8-19(16(15)9-14)11-17(20)21-13(3)4/h5-9,12-13,18H,10-11H2,1-4H3. The average Bonchev–Trinajstić information content (AvgIpc) is 2.78. The minimum absolute atomic E-state index is 0.0786. The van der Waals surface area contributed by atoms with Crippen LogP contribution in [0, 0.1) is 0 Å². The van der Waals surface area contributed by atoms with Crippen molar-refractivity contribution in [3.63, 3.8) is 0 Å². The lowest BCUT2D eigenvalue weighted by atomic mass is 10.1. The highest BCUT2D eigenvalue weighted by molar-refractivity contribution is 5.82. The number of ether oxygens (including phenoxy) is 1. The van der Waals surface area contributed by atoms with Crippen molar-refractivity contribution in [1.29, 1.82) is 0 Å². The highest BCUT2D eigenvalue weighted by Crippen LogP contribution is 2.18. The van der Waals surface area contributed by atoms with E-state index in [0.717, 1.165) is 17.4 Å². The van der Waals surface area contributed by atoms with E-state index in [1.54, 1.807) is 0 Å². The third-order valence-corrected chi connectivity index (χ3v) is 3.22. The van der Waals surface area contributed by atoms with Gasteiger partial charge in [-0.25, -0.2) is 0 Å². The van der Waals surface area contributed by atoms with Crippen LogP contribution in [0.4, 0.5) is 0 Å². The van der Waals surface area contributed by atoms with Crippen LogP contribution < -0.4 is 5.32 Å². The number of carbonyl (C=O) groups excluding carboxylic acids is 1. The molecule has 1 aromatic carbocycles. The fraction of sp³-hybridized carbons (Fsp3) is 0.471. The van der Waals surface area contributed by atoms with E-state index in [9.17, 15) is 4.79 Å². The molecule has 21 heavy (non-hydrogen) atoms. The Labute approximate surface area is 126 Å². The van der Waals surface area contributed by atoms with Crippen molar-refractivity contribution in [3.8, 4) is 0 Å². The molecule has 0 bridgehead atoms. The summed E-state index contributed by atoms with van der Waals surface area (Å²) in [5, 5.41) is 4.54. The second-order valence-corrected chi connectivity index (χ2v) is 5.91. The Morgan fingerprint density at radius 3 is 2.67 bits per heavy atom. The molecule has 2 rings (SSSR count). The quantitative estimate of drug-likeness (QED) is 0.831. The summed E-state index contributed by atoms with van der Waals surface area (Å²) in [6.07, 6.45) is 1.86. The highest BCUT2D eigenvalue weighted by atomic mass is 16.5. The van der Waals surface area contributed by atoms with Crippen molar-refractivity contribution in [2.45, 2.75) is 52.9 Å². The number of nitrogens with one attached hydrogen (secondary N) is 1. The highest BCUT2D eigenvalue weighted by Gasteiger charge is 2.09. The van der Waals surface area contributed by atoms with Crippen LogP contribution in [0.1, 0.15) is 33.3 Å². The van der Waals surface area contributed by atoms with Gasteiger partial charge in [-0.15, -0.1) is 0 Å². The molecule has 4 heteroatoms. The number of benzene rings is 1. The molecule has 4 nitrogen and oxygen atoms in total. The maximum atomic E-state index is 11.8. The fourth-order valence-electron chi connectivity index (χ4n) is 2.24. The number of rotatable bonds is 6. The first-order valence-electron chi connectivity index (χ1n) is 7.46. The molecular formula is C17H24N2O2. The van der Waals surface area contributed by atoms with Crippen LogP contribution in [0.3, 0.4) is 0 Å². The van der Waals surface area contributed by atoms with Gasteiger partial charge in [-0.1, -0.05) is 26.0 Å². The van der Waals surface area contributed by atoms with Crippen LogP contribution in [-0.2, 0) is 22.6 Å². The van der Waals surface area contributed by atoms with Crippen LogP contribution >= 0.6 is 0 Å². The van der Waals surface area contributed by atoms with Gasteiger partial charge in [0.15, 0.2) is 0 Å². The predicted octanol–water partition coefficient (Wildman–Crippen LogP) is 3.09. The van der Waals surface area contributed by atoms with Crippen LogP contribution in [0.15, 0.2) is 30.5 Å². The number of fused-ring (bicyclic) bond motifs is 1. The minimum Gasteiger partial charge on any atom is -0.462 e. The lowest BCUT2D eigenvalue weighted by molar-refractivity contribution is -0.148. The number of carbonyl (C=O) groups is 1. The Bertz CT molecular complexity index is 614. The van der Waals surface area contributed by atoms with Gasteiger partial charge >= 0.3 is 5.97 Å². The second-order valence-electron chi connectivity index (χ2n) is 5.91. The van der Waals surface area contributed by atoms with Crippen molar-refractivity contribution in [2.75, 3.05) is 0 Å². The van der Waals surface area contributed by atoms with Crippen molar-refractivity contribution >= 4 is 16.9 Å². The molecule has 0 saturated heterocycles. The molecular weight excluding hydrogens is 264 g/mol. The van der Waals surface area contributed by atoms with Crippen LogP contribution in [0.25, 0.3) is 10.9 Å². The van der Waals surface area contributed by atoms with E-state index in [2.05, 4.69) is 37.4 Å². The zero-order chi connectivity index (χ0) is 15.4. The monoisotopic (exact) mass is 288 g/mol. The molecule has 0 amide bonds. The smallest absolute Gasteiger partial charge is 0.326 e. The van der Waals surface area contributed by atoms with Gasteiger partial charge in [-0.2, -0.15) is 0 Å². The van der Waals surface area contributed by atoms with Crippen molar-refractivity contribution in [3.05, 3.63) is 36.0 Å². The molecule has 0 unspecified atom stereocenters. The average molecular weight is 288 g/mol. The van der Waals surface area contributed by atoms with Gasteiger partial charge < -0.3 is 14.6 Å². The summed E-state index contributed by atoms with van der Waals surface area (Å²) in [7, 11) is 0. The molecule has 0 aliphatic heterocycles. The van der Waals surface area contributed by atoms with Gasteiger partial charge in [0.1, 0.15) is 6.54 Å². The summed E-state index contributed by atoms with van der Waals surface area (Å²) in [5.74, 6) is -0.201.